The normalized spacial score (nSPS) is 13.0. The van der Waals surface area contributed by atoms with Crippen molar-refractivity contribution in [2.24, 2.45) is 0 Å². The van der Waals surface area contributed by atoms with Crippen molar-refractivity contribution in [1.29, 1.82) is 5.26 Å². The number of imidazole rings is 1. The molecule has 0 aliphatic heterocycles. The van der Waals surface area contributed by atoms with Gasteiger partial charge in [0.1, 0.15) is 5.82 Å². The van der Waals surface area contributed by atoms with Gasteiger partial charge in [-0.25, -0.2) is 18.1 Å². The number of hydrogen-bond acceptors (Lipinski definition) is 4. The van der Waals surface area contributed by atoms with E-state index in [4.69, 9.17) is 5.26 Å². The second-order valence-corrected chi connectivity index (χ2v) is 7.77. The number of fused-ring (bicyclic) bond motifs is 1. The molecule has 0 amide bonds. The number of halogens is 2. The van der Waals surface area contributed by atoms with Crippen molar-refractivity contribution in [2.75, 3.05) is 6.54 Å². The molecule has 1 N–H and O–H groups in total. The Labute approximate surface area is 155 Å². The number of aromatic nitrogens is 2. The quantitative estimate of drug-likeness (QED) is 0.699. The van der Waals surface area contributed by atoms with Crippen LogP contribution < -0.4 is 4.72 Å². The van der Waals surface area contributed by atoms with Gasteiger partial charge in [0.25, 0.3) is 0 Å². The summed E-state index contributed by atoms with van der Waals surface area (Å²) in [6.07, 6.45) is 0. The number of nitrogens with zero attached hydrogens (tertiary/aromatic N) is 3. The first kappa shape index (κ1) is 18.9. The summed E-state index contributed by atoms with van der Waals surface area (Å²) in [5.41, 5.74) is 0.925. The fourth-order valence-electron chi connectivity index (χ4n) is 2.76. The van der Waals surface area contributed by atoms with Crippen molar-refractivity contribution in [1.82, 2.24) is 14.3 Å². The van der Waals surface area contributed by atoms with Crippen molar-refractivity contribution >= 4 is 21.1 Å². The average molecular weight is 390 g/mol. The molecule has 1 aromatic heterocycles. The van der Waals surface area contributed by atoms with Crippen LogP contribution in [0.15, 0.2) is 53.4 Å². The molecule has 1 heterocycles. The Morgan fingerprint density at radius 1 is 1.22 bits per heavy atom. The maximum Gasteiger partial charge on any atom is 0.320 e. The molecule has 3 aromatic rings. The van der Waals surface area contributed by atoms with Crippen LogP contribution in [0.4, 0.5) is 8.78 Å². The number of sulfonamides is 1. The van der Waals surface area contributed by atoms with Crippen LogP contribution in [0.25, 0.3) is 11.0 Å². The standard InChI is InChI=1S/C18H16F2N4O2S/c1-12(11-22-27(25,26)14-6-4-5-13(9-14)10-21)17-23-15-7-2-3-8-16(15)24(17)18(19)20/h2-9,12,18,22H,11H2,1H3/t12-/m1/s1. The molecule has 0 aliphatic carbocycles. The zero-order valence-electron chi connectivity index (χ0n) is 14.3. The SMILES string of the molecule is C[C@H](CNS(=O)(=O)c1cccc(C#N)c1)c1nc2ccccc2n1C(F)F. The van der Waals surface area contributed by atoms with E-state index in [1.807, 2.05) is 6.07 Å². The highest BCUT2D eigenvalue weighted by atomic mass is 32.2. The van der Waals surface area contributed by atoms with E-state index in [-0.39, 0.29) is 22.8 Å². The molecule has 0 unspecified atom stereocenters. The van der Waals surface area contributed by atoms with E-state index in [1.54, 1.807) is 31.2 Å². The molecule has 0 aliphatic rings. The number of nitrogens with one attached hydrogen (secondary N) is 1. The molecule has 6 nitrogen and oxygen atoms in total. The maximum atomic E-state index is 13.5. The lowest BCUT2D eigenvalue weighted by Gasteiger charge is -2.15. The first-order valence-electron chi connectivity index (χ1n) is 8.08. The topological polar surface area (TPSA) is 87.8 Å². The summed E-state index contributed by atoms with van der Waals surface area (Å²) in [5, 5.41) is 8.90. The van der Waals surface area contributed by atoms with Crippen LogP contribution in [-0.4, -0.2) is 24.5 Å². The second-order valence-electron chi connectivity index (χ2n) is 6.00. The van der Waals surface area contributed by atoms with E-state index in [2.05, 4.69) is 9.71 Å². The lowest BCUT2D eigenvalue weighted by molar-refractivity contribution is 0.0705. The minimum absolute atomic E-state index is 0.0592. The van der Waals surface area contributed by atoms with Gasteiger partial charge in [0, 0.05) is 12.5 Å². The van der Waals surface area contributed by atoms with Crippen LogP contribution in [0.3, 0.4) is 0 Å². The summed E-state index contributed by atoms with van der Waals surface area (Å²) in [6, 6.07) is 14.0. The molecule has 0 saturated carbocycles. The molecule has 0 radical (unpaired) electrons. The average Bonchev–Trinajstić information content (AvgIpc) is 3.06. The van der Waals surface area contributed by atoms with Gasteiger partial charge in [-0.1, -0.05) is 25.1 Å². The van der Waals surface area contributed by atoms with E-state index < -0.39 is 22.5 Å². The number of para-hydroxylation sites is 2. The largest absolute Gasteiger partial charge is 0.320 e. The molecule has 0 bridgehead atoms. The highest BCUT2D eigenvalue weighted by Gasteiger charge is 2.23. The Hall–Kier alpha value is -2.83. The molecule has 140 valence electrons. The molecule has 3 rings (SSSR count). The summed E-state index contributed by atoms with van der Waals surface area (Å²) in [4.78, 5) is 4.18. The monoisotopic (exact) mass is 390 g/mol. The molecule has 0 fully saturated rings. The van der Waals surface area contributed by atoms with Crippen LogP contribution in [0.1, 0.15) is 30.8 Å². The maximum absolute atomic E-state index is 13.5. The summed E-state index contributed by atoms with van der Waals surface area (Å²) in [5.74, 6) is -0.500. The van der Waals surface area contributed by atoms with Gasteiger partial charge in [0.2, 0.25) is 10.0 Å². The third-order valence-corrected chi connectivity index (χ3v) is 5.53. The Morgan fingerprint density at radius 3 is 2.67 bits per heavy atom. The molecule has 1 atom stereocenters. The Bertz CT molecular complexity index is 1120. The van der Waals surface area contributed by atoms with Gasteiger partial charge in [0.15, 0.2) is 0 Å². The van der Waals surface area contributed by atoms with Gasteiger partial charge in [-0.2, -0.15) is 14.0 Å². The smallest absolute Gasteiger partial charge is 0.270 e. The number of benzene rings is 2. The Balaban J connectivity index is 1.86. The van der Waals surface area contributed by atoms with Crippen molar-refractivity contribution in [3.63, 3.8) is 0 Å². The highest BCUT2D eigenvalue weighted by molar-refractivity contribution is 7.89. The zero-order chi connectivity index (χ0) is 19.6. The molecule has 27 heavy (non-hydrogen) atoms. The predicted octanol–water partition coefficient (Wildman–Crippen LogP) is 3.39. The van der Waals surface area contributed by atoms with Gasteiger partial charge in [-0.05, 0) is 30.3 Å². The Morgan fingerprint density at radius 2 is 1.96 bits per heavy atom. The second kappa shape index (κ2) is 7.42. The van der Waals surface area contributed by atoms with Crippen molar-refractivity contribution in [3.05, 3.63) is 59.9 Å². The lowest BCUT2D eigenvalue weighted by Crippen LogP contribution is -2.29. The summed E-state index contributed by atoms with van der Waals surface area (Å²) in [6.45, 7) is -1.29. The minimum Gasteiger partial charge on any atom is -0.270 e. The lowest BCUT2D eigenvalue weighted by atomic mass is 10.2. The van der Waals surface area contributed by atoms with Gasteiger partial charge < -0.3 is 0 Å². The first-order valence-corrected chi connectivity index (χ1v) is 9.56. The van der Waals surface area contributed by atoms with Crippen LogP contribution >= 0.6 is 0 Å². The molecule has 0 spiro atoms. The summed E-state index contributed by atoms with van der Waals surface area (Å²) >= 11 is 0. The molecule has 2 aromatic carbocycles. The fraction of sp³-hybridized carbons (Fsp3) is 0.222. The van der Waals surface area contributed by atoms with E-state index >= 15 is 0 Å². The molecular weight excluding hydrogens is 374 g/mol. The third kappa shape index (κ3) is 3.82. The third-order valence-electron chi connectivity index (χ3n) is 4.11. The number of nitriles is 1. The van der Waals surface area contributed by atoms with Crippen molar-refractivity contribution in [2.45, 2.75) is 24.3 Å². The van der Waals surface area contributed by atoms with E-state index in [0.717, 1.165) is 4.57 Å². The van der Waals surface area contributed by atoms with E-state index in [1.165, 1.54) is 24.3 Å². The Kier molecular flexibility index (Phi) is 5.21. The van der Waals surface area contributed by atoms with Gasteiger partial charge in [0.05, 0.1) is 27.6 Å². The number of alkyl halides is 2. The van der Waals surface area contributed by atoms with Crippen molar-refractivity contribution < 1.29 is 17.2 Å². The predicted molar refractivity (Wildman–Crippen MR) is 95.7 cm³/mol. The molecule has 0 saturated heterocycles. The summed E-state index contributed by atoms with van der Waals surface area (Å²) in [7, 11) is -3.88. The van der Waals surface area contributed by atoms with E-state index in [0.29, 0.717) is 11.0 Å². The van der Waals surface area contributed by atoms with Crippen LogP contribution in [0.5, 0.6) is 0 Å². The van der Waals surface area contributed by atoms with Crippen LogP contribution in [0.2, 0.25) is 0 Å². The van der Waals surface area contributed by atoms with Gasteiger partial charge in [-0.3, -0.25) is 4.57 Å². The number of hydrogen-bond donors (Lipinski definition) is 1. The molecular formula is C18H16F2N4O2S. The zero-order valence-corrected chi connectivity index (χ0v) is 15.1. The van der Waals surface area contributed by atoms with Crippen LogP contribution in [-0.2, 0) is 10.0 Å². The first-order chi connectivity index (χ1) is 12.8. The highest BCUT2D eigenvalue weighted by Crippen LogP contribution is 2.27. The fourth-order valence-corrected chi connectivity index (χ4v) is 3.93. The van der Waals surface area contributed by atoms with E-state index in [9.17, 15) is 17.2 Å². The van der Waals surface area contributed by atoms with Crippen LogP contribution in [0, 0.1) is 11.3 Å². The minimum atomic E-state index is -3.88. The summed E-state index contributed by atoms with van der Waals surface area (Å²) < 4.78 is 55.1. The number of rotatable bonds is 6. The van der Waals surface area contributed by atoms with Gasteiger partial charge in [-0.15, -0.1) is 0 Å². The van der Waals surface area contributed by atoms with Crippen molar-refractivity contribution in [3.8, 4) is 6.07 Å². The molecule has 9 heteroatoms. The van der Waals surface area contributed by atoms with Gasteiger partial charge >= 0.3 is 6.55 Å².